The third-order valence-electron chi connectivity index (χ3n) is 6.38. The van der Waals surface area contributed by atoms with Crippen molar-refractivity contribution in [2.45, 2.75) is 63.1 Å². The average Bonchev–Trinajstić information content (AvgIpc) is 3.34. The van der Waals surface area contributed by atoms with E-state index in [1.165, 1.54) is 14.2 Å². The molecule has 1 aromatic heterocycles. The minimum atomic E-state index is -1.35. The van der Waals surface area contributed by atoms with Crippen LogP contribution >= 0.6 is 0 Å². The van der Waals surface area contributed by atoms with Crippen LogP contribution in [0.3, 0.4) is 0 Å². The molecular formula is C21H31NO9. The van der Waals surface area contributed by atoms with Gasteiger partial charge in [0, 0.05) is 26.2 Å². The third-order valence-corrected chi connectivity index (χ3v) is 6.38. The molecule has 10 heteroatoms. The second-order valence-electron chi connectivity index (χ2n) is 9.31. The summed E-state index contributed by atoms with van der Waals surface area (Å²) >= 11 is 0. The van der Waals surface area contributed by atoms with Crippen LogP contribution < -0.4 is 0 Å². The van der Waals surface area contributed by atoms with Crippen LogP contribution in [0, 0.1) is 5.41 Å². The Balaban J connectivity index is 1.74. The van der Waals surface area contributed by atoms with Crippen molar-refractivity contribution in [3.8, 4) is 0 Å². The van der Waals surface area contributed by atoms with Crippen LogP contribution in [0.1, 0.15) is 57.5 Å². The van der Waals surface area contributed by atoms with Crippen LogP contribution in [0.15, 0.2) is 16.7 Å². The summed E-state index contributed by atoms with van der Waals surface area (Å²) in [5, 5.41) is 13.1. The lowest BCUT2D eigenvalue weighted by Crippen LogP contribution is -2.59. The summed E-state index contributed by atoms with van der Waals surface area (Å²) in [7, 11) is 2.98. The van der Waals surface area contributed by atoms with Crippen molar-refractivity contribution < 1.29 is 42.8 Å². The zero-order valence-corrected chi connectivity index (χ0v) is 18.6. The van der Waals surface area contributed by atoms with Crippen molar-refractivity contribution in [1.29, 1.82) is 0 Å². The van der Waals surface area contributed by atoms with E-state index in [0.717, 1.165) is 5.06 Å². The number of methoxy groups -OCH3 is 2. The lowest BCUT2D eigenvalue weighted by Gasteiger charge is -2.48. The molecule has 2 heterocycles. The largest absolute Gasteiger partial charge is 0.466 e. The number of hydrogen-bond acceptors (Lipinski definition) is 9. The lowest BCUT2D eigenvalue weighted by molar-refractivity contribution is -0.315. The number of rotatable bonds is 8. The smallest absolute Gasteiger partial charge is 0.434 e. The third kappa shape index (κ3) is 3.37. The fourth-order valence-electron chi connectivity index (χ4n) is 5.23. The fourth-order valence-corrected chi connectivity index (χ4v) is 5.23. The molecule has 1 amide bonds. The molecule has 10 nitrogen and oxygen atoms in total. The maximum Gasteiger partial charge on any atom is 0.434 e. The predicted molar refractivity (Wildman–Crippen MR) is 104 cm³/mol. The first-order valence-corrected chi connectivity index (χ1v) is 10.3. The first-order valence-electron chi connectivity index (χ1n) is 10.3. The van der Waals surface area contributed by atoms with E-state index in [-0.39, 0.29) is 20.1 Å². The predicted octanol–water partition coefficient (Wildman–Crippen LogP) is 2.81. The Morgan fingerprint density at radius 3 is 2.68 bits per heavy atom. The number of ether oxygens (including phenoxy) is 5. The average molecular weight is 441 g/mol. The Hall–Kier alpha value is -1.69. The van der Waals surface area contributed by atoms with Crippen LogP contribution in [0.2, 0.25) is 0 Å². The summed E-state index contributed by atoms with van der Waals surface area (Å²) in [6.07, 6.45) is 1.59. The van der Waals surface area contributed by atoms with Crippen LogP contribution in [-0.4, -0.2) is 62.0 Å². The minimum Gasteiger partial charge on any atom is -0.466 e. The molecule has 1 aromatic rings. The SMILES string of the molecule is COCON(C[C@@]12C[C@H]3O[C@]1(OCOC)CC[C@]2(O)c1ccoc13)C(=O)OC(C)(C)C. The number of aliphatic hydroxyl groups is 1. The van der Waals surface area contributed by atoms with E-state index in [2.05, 4.69) is 0 Å². The van der Waals surface area contributed by atoms with E-state index in [0.29, 0.717) is 30.6 Å². The Morgan fingerprint density at radius 2 is 2.00 bits per heavy atom. The van der Waals surface area contributed by atoms with Gasteiger partial charge in [-0.25, -0.2) is 9.63 Å². The second kappa shape index (κ2) is 7.72. The number of fused-ring (bicyclic) bond motifs is 4. The van der Waals surface area contributed by atoms with Crippen molar-refractivity contribution in [2.75, 3.05) is 34.4 Å². The van der Waals surface area contributed by atoms with Gasteiger partial charge in [-0.1, -0.05) is 0 Å². The van der Waals surface area contributed by atoms with Gasteiger partial charge >= 0.3 is 6.09 Å². The molecule has 0 radical (unpaired) electrons. The molecule has 0 aromatic carbocycles. The normalized spacial score (nSPS) is 33.4. The lowest BCUT2D eigenvalue weighted by atomic mass is 9.63. The highest BCUT2D eigenvalue weighted by Gasteiger charge is 2.78. The maximum absolute atomic E-state index is 13.0. The molecule has 2 bridgehead atoms. The summed E-state index contributed by atoms with van der Waals surface area (Å²) < 4.78 is 33.8. The number of furan rings is 1. The fraction of sp³-hybridized carbons (Fsp3) is 0.762. The standard InChI is InChI=1S/C21H31NO9/c1-18(2,3)31-17(23)22(29-13-26-5)11-19-10-15-16-14(6-9-27-16)20(19,24)7-8-21(19,30-15)28-12-25-4/h6,9,15,24H,7-8,10-13H2,1-5H3/t15-,19-,20+,21-/m1/s1. The van der Waals surface area contributed by atoms with Gasteiger partial charge in [0.25, 0.3) is 0 Å². The van der Waals surface area contributed by atoms with Gasteiger partial charge in [0.15, 0.2) is 12.6 Å². The van der Waals surface area contributed by atoms with Crippen LogP contribution in [0.25, 0.3) is 0 Å². The molecule has 4 atom stereocenters. The number of amides is 1. The molecule has 174 valence electrons. The highest BCUT2D eigenvalue weighted by Crippen LogP contribution is 2.72. The first-order chi connectivity index (χ1) is 14.6. The first kappa shape index (κ1) is 22.5. The summed E-state index contributed by atoms with van der Waals surface area (Å²) in [6.45, 7) is 5.08. The summed E-state index contributed by atoms with van der Waals surface area (Å²) in [5.74, 6) is -0.608. The molecule has 1 saturated heterocycles. The van der Waals surface area contributed by atoms with Gasteiger partial charge in [-0.05, 0) is 39.7 Å². The quantitative estimate of drug-likeness (QED) is 0.481. The number of nitrogens with zero attached hydrogens (tertiary/aromatic N) is 1. The van der Waals surface area contributed by atoms with E-state index in [9.17, 15) is 9.90 Å². The topological polar surface area (TPSA) is 109 Å². The number of hydrogen-bond donors (Lipinski definition) is 1. The Labute approximate surface area is 181 Å². The Morgan fingerprint density at radius 1 is 1.26 bits per heavy atom. The van der Waals surface area contributed by atoms with Gasteiger partial charge in [0.2, 0.25) is 0 Å². The molecule has 0 unspecified atom stereocenters. The highest BCUT2D eigenvalue weighted by molar-refractivity contribution is 5.67. The number of hydroxylamine groups is 2. The van der Waals surface area contributed by atoms with E-state index >= 15 is 0 Å². The van der Waals surface area contributed by atoms with E-state index in [4.69, 9.17) is 32.9 Å². The molecule has 0 spiro atoms. The van der Waals surface area contributed by atoms with Crippen molar-refractivity contribution in [1.82, 2.24) is 5.06 Å². The van der Waals surface area contributed by atoms with Crippen molar-refractivity contribution >= 4 is 6.09 Å². The van der Waals surface area contributed by atoms with Gasteiger partial charge in [0.05, 0.1) is 18.2 Å². The van der Waals surface area contributed by atoms with Crippen LogP contribution in [-0.2, 0) is 34.1 Å². The summed E-state index contributed by atoms with van der Waals surface area (Å²) in [4.78, 5) is 18.6. The van der Waals surface area contributed by atoms with Gasteiger partial charge in [-0.15, -0.1) is 0 Å². The Bertz CT molecular complexity index is 820. The molecule has 2 aliphatic carbocycles. The molecule has 1 aliphatic heterocycles. The van der Waals surface area contributed by atoms with Crippen LogP contribution in [0.4, 0.5) is 4.79 Å². The monoisotopic (exact) mass is 441 g/mol. The molecule has 3 aliphatic rings. The molecule has 2 fully saturated rings. The van der Waals surface area contributed by atoms with Crippen LogP contribution in [0.5, 0.6) is 0 Å². The van der Waals surface area contributed by atoms with Gasteiger partial charge in [-0.2, -0.15) is 5.06 Å². The zero-order valence-electron chi connectivity index (χ0n) is 18.6. The minimum absolute atomic E-state index is 0.0305. The number of carbonyl (C=O) groups excluding carboxylic acids is 1. The zero-order chi connectivity index (χ0) is 22.5. The summed E-state index contributed by atoms with van der Waals surface area (Å²) in [6, 6.07) is 1.76. The highest BCUT2D eigenvalue weighted by atomic mass is 16.8. The van der Waals surface area contributed by atoms with E-state index in [1.807, 2.05) is 0 Å². The molecule has 1 saturated carbocycles. The van der Waals surface area contributed by atoms with Gasteiger partial charge in [-0.3, -0.25) is 0 Å². The van der Waals surface area contributed by atoms with Gasteiger partial charge in [0.1, 0.15) is 29.9 Å². The van der Waals surface area contributed by atoms with Crippen molar-refractivity contribution in [3.05, 3.63) is 23.7 Å². The molecular weight excluding hydrogens is 410 g/mol. The second-order valence-corrected chi connectivity index (χ2v) is 9.31. The van der Waals surface area contributed by atoms with E-state index in [1.54, 1.807) is 33.1 Å². The van der Waals surface area contributed by atoms with Crippen molar-refractivity contribution in [2.24, 2.45) is 5.41 Å². The van der Waals surface area contributed by atoms with Gasteiger partial charge < -0.3 is 33.2 Å². The Kier molecular flexibility index (Phi) is 5.60. The van der Waals surface area contributed by atoms with Crippen molar-refractivity contribution in [3.63, 3.8) is 0 Å². The number of carbonyl (C=O) groups is 1. The molecule has 4 rings (SSSR count). The molecule has 1 N–H and O–H groups in total. The van der Waals surface area contributed by atoms with E-state index < -0.39 is 34.6 Å². The molecule has 31 heavy (non-hydrogen) atoms. The summed E-state index contributed by atoms with van der Waals surface area (Å²) in [5.41, 5.74) is -2.47. The maximum atomic E-state index is 13.0.